The lowest BCUT2D eigenvalue weighted by molar-refractivity contribution is 0.101. The number of aromatic nitrogens is 1. The lowest BCUT2D eigenvalue weighted by Gasteiger charge is -2.07. The molecule has 17 heavy (non-hydrogen) atoms. The number of hydrogen-bond acceptors (Lipinski definition) is 3. The standard InChI is InChI=1S/C12H11ClN2O2/c1-7-6-11(15-17-7)12(16)14-10-5-3-4-9(13)8(10)2/h3-6H,1-2H3,(H,14,16). The summed E-state index contributed by atoms with van der Waals surface area (Å²) in [7, 11) is 0. The van der Waals surface area contributed by atoms with Crippen LogP contribution in [-0.2, 0) is 0 Å². The fourth-order valence-corrected chi connectivity index (χ4v) is 1.58. The number of nitrogens with one attached hydrogen (secondary N) is 1. The van der Waals surface area contributed by atoms with Gasteiger partial charge in [0.2, 0.25) is 0 Å². The van der Waals surface area contributed by atoms with Crippen molar-refractivity contribution in [2.24, 2.45) is 0 Å². The number of aryl methyl sites for hydroxylation is 1. The van der Waals surface area contributed by atoms with Gasteiger partial charge in [-0.15, -0.1) is 0 Å². The fraction of sp³-hybridized carbons (Fsp3) is 0.167. The second-order valence-corrected chi connectivity index (χ2v) is 4.10. The van der Waals surface area contributed by atoms with Crippen LogP contribution in [0.25, 0.3) is 0 Å². The van der Waals surface area contributed by atoms with Crippen molar-refractivity contribution in [1.29, 1.82) is 0 Å². The molecule has 0 saturated carbocycles. The van der Waals surface area contributed by atoms with E-state index in [2.05, 4.69) is 10.5 Å². The van der Waals surface area contributed by atoms with E-state index in [1.165, 1.54) is 0 Å². The number of hydrogen-bond donors (Lipinski definition) is 1. The fourth-order valence-electron chi connectivity index (χ4n) is 1.40. The van der Waals surface area contributed by atoms with E-state index in [1.807, 2.05) is 6.92 Å². The van der Waals surface area contributed by atoms with Crippen molar-refractivity contribution in [1.82, 2.24) is 5.16 Å². The molecule has 2 aromatic rings. The molecule has 0 aliphatic rings. The number of amides is 1. The van der Waals surface area contributed by atoms with E-state index in [-0.39, 0.29) is 11.6 Å². The van der Waals surface area contributed by atoms with Gasteiger partial charge in [0.25, 0.3) is 5.91 Å². The Morgan fingerprint density at radius 3 is 2.82 bits per heavy atom. The zero-order valence-electron chi connectivity index (χ0n) is 9.45. The van der Waals surface area contributed by atoms with Crippen molar-refractivity contribution in [2.45, 2.75) is 13.8 Å². The third-order valence-electron chi connectivity index (χ3n) is 2.38. The lowest BCUT2D eigenvalue weighted by atomic mass is 10.2. The zero-order chi connectivity index (χ0) is 12.4. The number of carbonyl (C=O) groups is 1. The van der Waals surface area contributed by atoms with Crippen molar-refractivity contribution in [2.75, 3.05) is 5.32 Å². The SMILES string of the molecule is Cc1cc(C(=O)Nc2cccc(Cl)c2C)no1. The normalized spacial score (nSPS) is 10.3. The summed E-state index contributed by atoms with van der Waals surface area (Å²) in [4.78, 5) is 11.8. The topological polar surface area (TPSA) is 55.1 Å². The second-order valence-electron chi connectivity index (χ2n) is 3.69. The number of nitrogens with zero attached hydrogens (tertiary/aromatic N) is 1. The molecule has 4 nitrogen and oxygen atoms in total. The van der Waals surface area contributed by atoms with E-state index in [0.717, 1.165) is 5.56 Å². The molecule has 0 saturated heterocycles. The first-order chi connectivity index (χ1) is 8.08. The molecule has 0 fully saturated rings. The summed E-state index contributed by atoms with van der Waals surface area (Å²) in [5.74, 6) is 0.283. The molecule has 0 radical (unpaired) electrons. The Balaban J connectivity index is 2.21. The molecule has 5 heteroatoms. The van der Waals surface area contributed by atoms with Gasteiger partial charge in [0, 0.05) is 16.8 Å². The molecular formula is C12H11ClN2O2. The van der Waals surface area contributed by atoms with Crippen molar-refractivity contribution in [3.63, 3.8) is 0 Å². The van der Waals surface area contributed by atoms with Crippen molar-refractivity contribution >= 4 is 23.2 Å². The van der Waals surface area contributed by atoms with Gasteiger partial charge in [-0.25, -0.2) is 0 Å². The van der Waals surface area contributed by atoms with Crippen LogP contribution in [0.4, 0.5) is 5.69 Å². The first kappa shape index (κ1) is 11.7. The summed E-state index contributed by atoms with van der Waals surface area (Å²) in [6, 6.07) is 6.91. The number of benzene rings is 1. The van der Waals surface area contributed by atoms with E-state index >= 15 is 0 Å². The van der Waals surface area contributed by atoms with Crippen LogP contribution in [-0.4, -0.2) is 11.1 Å². The van der Waals surface area contributed by atoms with Crippen LogP contribution in [0.1, 0.15) is 21.8 Å². The van der Waals surface area contributed by atoms with Crippen LogP contribution in [0.2, 0.25) is 5.02 Å². The summed E-state index contributed by atoms with van der Waals surface area (Å²) in [6.45, 7) is 3.57. The predicted octanol–water partition coefficient (Wildman–Crippen LogP) is 3.20. The first-order valence-electron chi connectivity index (χ1n) is 5.07. The molecule has 0 spiro atoms. The Bertz CT molecular complexity index is 563. The van der Waals surface area contributed by atoms with Gasteiger partial charge in [0.1, 0.15) is 5.76 Å². The van der Waals surface area contributed by atoms with E-state index in [0.29, 0.717) is 16.5 Å². The molecule has 0 aliphatic carbocycles. The van der Waals surface area contributed by atoms with Crippen molar-refractivity contribution in [3.05, 3.63) is 46.3 Å². The molecule has 1 aromatic heterocycles. The summed E-state index contributed by atoms with van der Waals surface area (Å²) in [6.07, 6.45) is 0. The third kappa shape index (κ3) is 2.47. The molecule has 0 aliphatic heterocycles. The minimum absolute atomic E-state index is 0.252. The van der Waals surface area contributed by atoms with Gasteiger partial charge in [-0.2, -0.15) is 0 Å². The van der Waals surface area contributed by atoms with Gasteiger partial charge in [-0.1, -0.05) is 22.8 Å². The van der Waals surface area contributed by atoms with E-state index in [4.69, 9.17) is 16.1 Å². The molecule has 0 unspecified atom stereocenters. The average Bonchev–Trinajstić information content (AvgIpc) is 2.72. The largest absolute Gasteiger partial charge is 0.361 e. The Morgan fingerprint density at radius 2 is 2.18 bits per heavy atom. The molecule has 0 atom stereocenters. The van der Waals surface area contributed by atoms with Gasteiger partial charge in [0.05, 0.1) is 0 Å². The van der Waals surface area contributed by atoms with Gasteiger partial charge in [-0.3, -0.25) is 4.79 Å². The Labute approximate surface area is 104 Å². The number of anilines is 1. The van der Waals surface area contributed by atoms with Gasteiger partial charge in [0.15, 0.2) is 5.69 Å². The maximum atomic E-state index is 11.8. The summed E-state index contributed by atoms with van der Waals surface area (Å²) >= 11 is 5.96. The molecular weight excluding hydrogens is 240 g/mol. The van der Waals surface area contributed by atoms with Crippen LogP contribution in [0, 0.1) is 13.8 Å². The highest BCUT2D eigenvalue weighted by Crippen LogP contribution is 2.23. The van der Waals surface area contributed by atoms with E-state index in [1.54, 1.807) is 31.2 Å². The van der Waals surface area contributed by atoms with Crippen LogP contribution in [0.15, 0.2) is 28.8 Å². The van der Waals surface area contributed by atoms with Crippen molar-refractivity contribution in [3.8, 4) is 0 Å². The number of rotatable bonds is 2. The zero-order valence-corrected chi connectivity index (χ0v) is 10.2. The molecule has 1 heterocycles. The Hall–Kier alpha value is -1.81. The average molecular weight is 251 g/mol. The van der Waals surface area contributed by atoms with Crippen LogP contribution >= 0.6 is 11.6 Å². The van der Waals surface area contributed by atoms with E-state index < -0.39 is 0 Å². The highest BCUT2D eigenvalue weighted by molar-refractivity contribution is 6.31. The van der Waals surface area contributed by atoms with Crippen LogP contribution < -0.4 is 5.32 Å². The van der Waals surface area contributed by atoms with E-state index in [9.17, 15) is 4.79 Å². The van der Waals surface area contributed by atoms with Gasteiger partial charge >= 0.3 is 0 Å². The van der Waals surface area contributed by atoms with Crippen LogP contribution in [0.5, 0.6) is 0 Å². The maximum Gasteiger partial charge on any atom is 0.277 e. The Morgan fingerprint density at radius 1 is 1.41 bits per heavy atom. The Kier molecular flexibility index (Phi) is 3.15. The molecule has 88 valence electrons. The summed E-state index contributed by atoms with van der Waals surface area (Å²) < 4.78 is 4.84. The number of carbonyl (C=O) groups excluding carboxylic acids is 1. The smallest absolute Gasteiger partial charge is 0.277 e. The monoisotopic (exact) mass is 250 g/mol. The number of halogens is 1. The molecule has 1 amide bonds. The quantitative estimate of drug-likeness (QED) is 0.891. The third-order valence-corrected chi connectivity index (χ3v) is 2.79. The highest BCUT2D eigenvalue weighted by Gasteiger charge is 2.12. The molecule has 0 bridgehead atoms. The minimum atomic E-state index is -0.313. The molecule has 2 rings (SSSR count). The molecule has 1 aromatic carbocycles. The van der Waals surface area contributed by atoms with Gasteiger partial charge in [-0.05, 0) is 31.5 Å². The molecule has 1 N–H and O–H groups in total. The van der Waals surface area contributed by atoms with Crippen molar-refractivity contribution < 1.29 is 9.32 Å². The highest BCUT2D eigenvalue weighted by atomic mass is 35.5. The minimum Gasteiger partial charge on any atom is -0.361 e. The van der Waals surface area contributed by atoms with Gasteiger partial charge < -0.3 is 9.84 Å². The first-order valence-corrected chi connectivity index (χ1v) is 5.45. The maximum absolute atomic E-state index is 11.8. The van der Waals surface area contributed by atoms with Crippen LogP contribution in [0.3, 0.4) is 0 Å². The second kappa shape index (κ2) is 4.59. The lowest BCUT2D eigenvalue weighted by Crippen LogP contribution is -2.13. The summed E-state index contributed by atoms with van der Waals surface area (Å²) in [5.41, 5.74) is 1.74. The predicted molar refractivity (Wildman–Crippen MR) is 65.4 cm³/mol. The summed E-state index contributed by atoms with van der Waals surface area (Å²) in [5, 5.41) is 6.99.